The van der Waals surface area contributed by atoms with E-state index in [1.807, 2.05) is 24.3 Å². The standard InChI is InChI=1S/C25H19Br2NO7S/c1-32-20-10-15(9-18(27)22(20)34-13-14-3-5-16(26)6-4-14)11-21-23(29)28(25(31)36-21)12-17-7-8-19(35-17)24(30)33-2/h3-11H,12-13H2,1-2H3/b21-11+. The lowest BCUT2D eigenvalue weighted by molar-refractivity contribution is -0.123. The molecule has 186 valence electrons. The lowest BCUT2D eigenvalue weighted by Gasteiger charge is -2.14. The van der Waals surface area contributed by atoms with E-state index in [-0.39, 0.29) is 23.0 Å². The topological polar surface area (TPSA) is 95.3 Å². The second-order valence-electron chi connectivity index (χ2n) is 7.47. The van der Waals surface area contributed by atoms with E-state index in [1.54, 1.807) is 18.2 Å². The summed E-state index contributed by atoms with van der Waals surface area (Å²) in [7, 11) is 2.76. The first-order chi connectivity index (χ1) is 17.3. The largest absolute Gasteiger partial charge is 0.493 e. The molecule has 0 N–H and O–H groups in total. The van der Waals surface area contributed by atoms with Crippen LogP contribution < -0.4 is 9.47 Å². The summed E-state index contributed by atoms with van der Waals surface area (Å²) >= 11 is 7.75. The number of amides is 2. The smallest absolute Gasteiger partial charge is 0.373 e. The fraction of sp³-hybridized carbons (Fsp3) is 0.160. The van der Waals surface area contributed by atoms with Crippen LogP contribution in [0.4, 0.5) is 4.79 Å². The number of methoxy groups -OCH3 is 2. The molecule has 0 spiro atoms. The van der Waals surface area contributed by atoms with Crippen LogP contribution in [0.25, 0.3) is 6.08 Å². The Hall–Kier alpha value is -3.02. The Morgan fingerprint density at radius 3 is 2.53 bits per heavy atom. The number of carbonyl (C=O) groups excluding carboxylic acids is 3. The minimum absolute atomic E-state index is 0.00518. The van der Waals surface area contributed by atoms with Gasteiger partial charge in [0, 0.05) is 4.47 Å². The van der Waals surface area contributed by atoms with Gasteiger partial charge in [0.1, 0.15) is 12.4 Å². The summed E-state index contributed by atoms with van der Waals surface area (Å²) in [5.41, 5.74) is 1.63. The van der Waals surface area contributed by atoms with Gasteiger partial charge in [-0.25, -0.2) is 4.79 Å². The van der Waals surface area contributed by atoms with Crippen molar-refractivity contribution in [3.05, 3.63) is 85.0 Å². The number of carbonyl (C=O) groups is 3. The number of hydrogen-bond acceptors (Lipinski definition) is 8. The van der Waals surface area contributed by atoms with Crippen LogP contribution in [0.3, 0.4) is 0 Å². The number of thioether (sulfide) groups is 1. The van der Waals surface area contributed by atoms with Crippen molar-refractivity contribution in [3.8, 4) is 11.5 Å². The van der Waals surface area contributed by atoms with Gasteiger partial charge in [0.25, 0.3) is 11.1 Å². The third-order valence-electron chi connectivity index (χ3n) is 5.08. The molecule has 0 bridgehead atoms. The maximum atomic E-state index is 12.9. The average molecular weight is 637 g/mol. The highest BCUT2D eigenvalue weighted by molar-refractivity contribution is 9.10. The fourth-order valence-electron chi connectivity index (χ4n) is 3.32. The molecule has 11 heteroatoms. The zero-order valence-electron chi connectivity index (χ0n) is 19.1. The van der Waals surface area contributed by atoms with E-state index in [1.165, 1.54) is 26.4 Å². The Balaban J connectivity index is 1.50. The maximum absolute atomic E-state index is 12.9. The Morgan fingerprint density at radius 1 is 1.08 bits per heavy atom. The van der Waals surface area contributed by atoms with Gasteiger partial charge in [0.15, 0.2) is 11.5 Å². The second-order valence-corrected chi connectivity index (χ2v) is 10.2. The molecule has 3 aromatic rings. The predicted octanol–water partition coefficient (Wildman–Crippen LogP) is 6.42. The lowest BCUT2D eigenvalue weighted by atomic mass is 10.1. The molecular formula is C25H19Br2NO7S. The van der Waals surface area contributed by atoms with Crippen molar-refractivity contribution in [2.75, 3.05) is 14.2 Å². The zero-order valence-corrected chi connectivity index (χ0v) is 23.1. The molecule has 1 saturated heterocycles. The summed E-state index contributed by atoms with van der Waals surface area (Å²) in [6.45, 7) is 0.236. The molecule has 2 heterocycles. The van der Waals surface area contributed by atoms with Gasteiger partial charge < -0.3 is 18.6 Å². The molecule has 0 aliphatic carbocycles. The SMILES string of the molecule is COC(=O)c1ccc(CN2C(=O)S/C(=C/c3cc(Br)c(OCc4ccc(Br)cc4)c(OC)c3)C2=O)o1. The summed E-state index contributed by atoms with van der Waals surface area (Å²) in [6.07, 6.45) is 1.61. The van der Waals surface area contributed by atoms with Crippen molar-refractivity contribution in [3.63, 3.8) is 0 Å². The number of imide groups is 1. The molecule has 1 aliphatic heterocycles. The Morgan fingerprint density at radius 2 is 1.83 bits per heavy atom. The summed E-state index contributed by atoms with van der Waals surface area (Å²) < 4.78 is 23.1. The molecule has 1 fully saturated rings. The minimum Gasteiger partial charge on any atom is -0.493 e. The highest BCUT2D eigenvalue weighted by Gasteiger charge is 2.36. The van der Waals surface area contributed by atoms with Gasteiger partial charge in [-0.2, -0.15) is 0 Å². The van der Waals surface area contributed by atoms with E-state index >= 15 is 0 Å². The van der Waals surface area contributed by atoms with Gasteiger partial charge in [-0.1, -0.05) is 28.1 Å². The quantitative estimate of drug-likeness (QED) is 0.207. The van der Waals surface area contributed by atoms with Gasteiger partial charge in [0.2, 0.25) is 5.76 Å². The summed E-state index contributed by atoms with van der Waals surface area (Å²) in [6, 6.07) is 14.2. The first-order valence-corrected chi connectivity index (χ1v) is 12.9. The van der Waals surface area contributed by atoms with Crippen molar-refractivity contribution < 1.29 is 33.0 Å². The highest BCUT2D eigenvalue weighted by Crippen LogP contribution is 2.39. The lowest BCUT2D eigenvalue weighted by Crippen LogP contribution is -2.27. The number of hydrogen-bond donors (Lipinski definition) is 0. The molecular weight excluding hydrogens is 618 g/mol. The van der Waals surface area contributed by atoms with Crippen molar-refractivity contribution in [1.29, 1.82) is 0 Å². The number of benzene rings is 2. The molecule has 0 atom stereocenters. The van der Waals surface area contributed by atoms with Crippen LogP contribution >= 0.6 is 43.6 Å². The van der Waals surface area contributed by atoms with Crippen molar-refractivity contribution in [1.82, 2.24) is 4.90 Å². The Kier molecular flexibility index (Phi) is 8.22. The Bertz CT molecular complexity index is 1350. The number of esters is 1. The van der Waals surface area contributed by atoms with Crippen molar-refractivity contribution in [2.45, 2.75) is 13.2 Å². The molecule has 1 aliphatic rings. The number of rotatable bonds is 8. The van der Waals surface area contributed by atoms with Crippen LogP contribution in [-0.4, -0.2) is 36.2 Å². The van der Waals surface area contributed by atoms with E-state index in [4.69, 9.17) is 13.9 Å². The minimum atomic E-state index is -0.640. The van der Waals surface area contributed by atoms with Crippen LogP contribution in [0, 0.1) is 0 Å². The molecule has 0 saturated carbocycles. The van der Waals surface area contributed by atoms with Crippen LogP contribution in [-0.2, 0) is 22.7 Å². The fourth-order valence-corrected chi connectivity index (χ4v) is 4.99. The van der Waals surface area contributed by atoms with Gasteiger partial charge >= 0.3 is 5.97 Å². The van der Waals surface area contributed by atoms with Crippen LogP contribution in [0.15, 0.2) is 66.8 Å². The van der Waals surface area contributed by atoms with Crippen LogP contribution in [0.2, 0.25) is 0 Å². The summed E-state index contributed by atoms with van der Waals surface area (Å²) in [5, 5.41) is -0.442. The highest BCUT2D eigenvalue weighted by atomic mass is 79.9. The monoisotopic (exact) mass is 635 g/mol. The molecule has 8 nitrogen and oxygen atoms in total. The third-order valence-corrected chi connectivity index (χ3v) is 7.11. The molecule has 0 radical (unpaired) electrons. The van der Waals surface area contributed by atoms with E-state index < -0.39 is 17.1 Å². The first-order valence-electron chi connectivity index (χ1n) is 10.5. The molecule has 0 unspecified atom stereocenters. The van der Waals surface area contributed by atoms with Gasteiger partial charge in [-0.05, 0) is 81.3 Å². The van der Waals surface area contributed by atoms with Gasteiger partial charge in [0.05, 0.1) is 30.1 Å². The normalized spacial score (nSPS) is 14.4. The molecule has 36 heavy (non-hydrogen) atoms. The zero-order chi connectivity index (χ0) is 25.8. The average Bonchev–Trinajstić information content (AvgIpc) is 3.44. The van der Waals surface area contributed by atoms with Crippen molar-refractivity contribution in [2.24, 2.45) is 0 Å². The van der Waals surface area contributed by atoms with Crippen molar-refractivity contribution >= 4 is 66.8 Å². The number of furan rings is 1. The summed E-state index contributed by atoms with van der Waals surface area (Å²) in [4.78, 5) is 38.3. The number of nitrogens with zero attached hydrogens (tertiary/aromatic N) is 1. The third kappa shape index (κ3) is 5.85. The van der Waals surface area contributed by atoms with Gasteiger partial charge in [-0.3, -0.25) is 14.5 Å². The molecule has 2 amide bonds. The van der Waals surface area contributed by atoms with E-state index in [2.05, 4.69) is 36.6 Å². The molecule has 4 rings (SSSR count). The maximum Gasteiger partial charge on any atom is 0.373 e. The number of ether oxygens (including phenoxy) is 3. The first kappa shape index (κ1) is 26.1. The summed E-state index contributed by atoms with van der Waals surface area (Å²) in [5.74, 6) is 0.165. The van der Waals surface area contributed by atoms with E-state index in [9.17, 15) is 14.4 Å². The van der Waals surface area contributed by atoms with E-state index in [0.29, 0.717) is 28.1 Å². The predicted molar refractivity (Wildman–Crippen MR) is 141 cm³/mol. The van der Waals surface area contributed by atoms with Crippen LogP contribution in [0.1, 0.15) is 27.4 Å². The molecule has 2 aromatic carbocycles. The number of halogens is 2. The molecule has 1 aromatic heterocycles. The van der Waals surface area contributed by atoms with E-state index in [0.717, 1.165) is 26.7 Å². The van der Waals surface area contributed by atoms with Gasteiger partial charge in [-0.15, -0.1) is 0 Å². The second kappa shape index (κ2) is 11.4. The Labute approximate surface area is 227 Å². The van der Waals surface area contributed by atoms with Crippen LogP contribution in [0.5, 0.6) is 11.5 Å².